The number of ether oxygens (including phenoxy) is 1. The molecule has 0 unspecified atom stereocenters. The number of H-pyrrole nitrogens is 1. The monoisotopic (exact) mass is 307 g/mol. The number of nitrogens with zero attached hydrogens (tertiary/aromatic N) is 2. The highest BCUT2D eigenvalue weighted by molar-refractivity contribution is 5.95. The molecular weight excluding hydrogens is 282 g/mol. The van der Waals surface area contributed by atoms with Crippen LogP contribution < -0.4 is 0 Å². The zero-order valence-corrected chi connectivity index (χ0v) is 13.4. The summed E-state index contributed by atoms with van der Waals surface area (Å²) in [6.45, 7) is 4.94. The minimum absolute atomic E-state index is 0.0220. The Morgan fingerprint density at radius 1 is 1.41 bits per heavy atom. The van der Waals surface area contributed by atoms with E-state index in [-0.39, 0.29) is 24.3 Å². The molecule has 22 heavy (non-hydrogen) atoms. The predicted molar refractivity (Wildman–Crippen MR) is 82.5 cm³/mol. The Morgan fingerprint density at radius 2 is 2.23 bits per heavy atom. The molecule has 0 saturated carbocycles. The highest BCUT2D eigenvalue weighted by Crippen LogP contribution is 2.23. The van der Waals surface area contributed by atoms with Crippen LogP contribution in [0.5, 0.6) is 0 Å². The fraction of sp³-hybridized carbons (Fsp3) is 0.688. The van der Waals surface area contributed by atoms with E-state index in [1.165, 1.54) is 0 Å². The minimum atomic E-state index is -0.229. The number of esters is 1. The number of rotatable bonds is 6. The van der Waals surface area contributed by atoms with Crippen molar-refractivity contribution in [2.45, 2.75) is 58.4 Å². The second-order valence-electron chi connectivity index (χ2n) is 5.67. The second kappa shape index (κ2) is 7.96. The number of piperidine rings is 1. The maximum Gasteiger partial charge on any atom is 0.307 e. The SMILES string of the molecule is CCCc1[nH]ncc1C(=O)N1CCCC[C@@H]1CC(=O)OCC. The number of aromatic amines is 1. The average Bonchev–Trinajstić information content (AvgIpc) is 2.96. The lowest BCUT2D eigenvalue weighted by Gasteiger charge is -2.35. The van der Waals surface area contributed by atoms with E-state index in [4.69, 9.17) is 4.74 Å². The molecule has 1 saturated heterocycles. The van der Waals surface area contributed by atoms with Crippen molar-refractivity contribution in [3.05, 3.63) is 17.5 Å². The molecule has 1 amide bonds. The van der Waals surface area contributed by atoms with Crippen LogP contribution in [0.3, 0.4) is 0 Å². The van der Waals surface area contributed by atoms with Gasteiger partial charge >= 0.3 is 5.97 Å². The maximum atomic E-state index is 12.8. The van der Waals surface area contributed by atoms with Gasteiger partial charge in [0.2, 0.25) is 0 Å². The third-order valence-electron chi connectivity index (χ3n) is 4.04. The van der Waals surface area contributed by atoms with Crippen molar-refractivity contribution in [2.24, 2.45) is 0 Å². The molecule has 0 aromatic carbocycles. The van der Waals surface area contributed by atoms with Crippen LogP contribution in [0.2, 0.25) is 0 Å². The first kappa shape index (κ1) is 16.5. The first-order chi connectivity index (χ1) is 10.7. The standard InChI is InChI=1S/C16H25N3O3/c1-3-7-14-13(11-17-18-14)16(21)19-9-6-5-8-12(19)10-15(20)22-4-2/h11-12H,3-10H2,1-2H3,(H,17,18)/t12-/m1/s1. The lowest BCUT2D eigenvalue weighted by Crippen LogP contribution is -2.45. The molecule has 0 aliphatic carbocycles. The first-order valence-corrected chi connectivity index (χ1v) is 8.16. The molecule has 1 atom stereocenters. The Bertz CT molecular complexity index is 512. The topological polar surface area (TPSA) is 75.3 Å². The van der Waals surface area contributed by atoms with Crippen LogP contribution >= 0.6 is 0 Å². The van der Waals surface area contributed by atoms with E-state index in [0.717, 1.165) is 37.8 Å². The highest BCUT2D eigenvalue weighted by atomic mass is 16.5. The normalized spacial score (nSPS) is 18.3. The minimum Gasteiger partial charge on any atom is -0.466 e. The van der Waals surface area contributed by atoms with Gasteiger partial charge in [0.05, 0.1) is 24.8 Å². The molecule has 2 heterocycles. The van der Waals surface area contributed by atoms with Crippen molar-refractivity contribution in [1.29, 1.82) is 0 Å². The Morgan fingerprint density at radius 3 is 2.95 bits per heavy atom. The number of nitrogens with one attached hydrogen (secondary N) is 1. The van der Waals surface area contributed by atoms with Gasteiger partial charge in [-0.1, -0.05) is 13.3 Å². The van der Waals surface area contributed by atoms with Crippen molar-refractivity contribution >= 4 is 11.9 Å². The molecule has 0 spiro atoms. The molecule has 6 heteroatoms. The molecule has 122 valence electrons. The Labute approximate surface area is 131 Å². The van der Waals surface area contributed by atoms with Crippen LogP contribution in [0.1, 0.15) is 62.0 Å². The van der Waals surface area contributed by atoms with Crippen LogP contribution in [0.15, 0.2) is 6.20 Å². The third kappa shape index (κ3) is 3.87. The van der Waals surface area contributed by atoms with Crippen molar-refractivity contribution < 1.29 is 14.3 Å². The molecule has 1 aliphatic heterocycles. The van der Waals surface area contributed by atoms with Crippen LogP contribution in [-0.4, -0.2) is 46.2 Å². The average molecular weight is 307 g/mol. The van der Waals surface area contributed by atoms with Gasteiger partial charge in [-0.05, 0) is 32.6 Å². The van der Waals surface area contributed by atoms with Gasteiger partial charge in [0.1, 0.15) is 0 Å². The Kier molecular flexibility index (Phi) is 5.98. The summed E-state index contributed by atoms with van der Waals surface area (Å²) in [5.41, 5.74) is 1.52. The number of amides is 1. The van der Waals surface area contributed by atoms with Gasteiger partial charge in [0, 0.05) is 18.3 Å². The van der Waals surface area contributed by atoms with Gasteiger partial charge in [-0.2, -0.15) is 5.10 Å². The van der Waals surface area contributed by atoms with Gasteiger partial charge in [0.25, 0.3) is 5.91 Å². The number of hydrogen-bond acceptors (Lipinski definition) is 4. The molecule has 1 aliphatic rings. The van der Waals surface area contributed by atoms with E-state index in [0.29, 0.717) is 18.7 Å². The van der Waals surface area contributed by atoms with Crippen molar-refractivity contribution in [3.63, 3.8) is 0 Å². The van der Waals surface area contributed by atoms with Gasteiger partial charge in [-0.25, -0.2) is 0 Å². The lowest BCUT2D eigenvalue weighted by molar-refractivity contribution is -0.144. The first-order valence-electron chi connectivity index (χ1n) is 8.16. The largest absolute Gasteiger partial charge is 0.466 e. The molecule has 1 aromatic heterocycles. The van der Waals surface area contributed by atoms with E-state index in [1.807, 2.05) is 4.90 Å². The molecule has 1 N–H and O–H groups in total. The van der Waals surface area contributed by atoms with Crippen molar-refractivity contribution in [2.75, 3.05) is 13.2 Å². The highest BCUT2D eigenvalue weighted by Gasteiger charge is 2.31. The Hall–Kier alpha value is -1.85. The number of likely N-dealkylation sites (tertiary alicyclic amines) is 1. The molecule has 6 nitrogen and oxygen atoms in total. The van der Waals surface area contributed by atoms with Crippen LogP contribution in [-0.2, 0) is 16.0 Å². The van der Waals surface area contributed by atoms with Crippen molar-refractivity contribution in [3.8, 4) is 0 Å². The van der Waals surface area contributed by atoms with Crippen molar-refractivity contribution in [1.82, 2.24) is 15.1 Å². The summed E-state index contributed by atoms with van der Waals surface area (Å²) in [4.78, 5) is 26.4. The molecule has 1 aromatic rings. The zero-order chi connectivity index (χ0) is 15.9. The summed E-state index contributed by atoms with van der Waals surface area (Å²) in [7, 11) is 0. The predicted octanol–water partition coefficient (Wildman–Crippen LogP) is 2.31. The fourth-order valence-corrected chi connectivity index (χ4v) is 2.98. The smallest absolute Gasteiger partial charge is 0.307 e. The molecule has 2 rings (SSSR count). The third-order valence-corrected chi connectivity index (χ3v) is 4.04. The second-order valence-corrected chi connectivity index (χ2v) is 5.67. The summed E-state index contributed by atoms with van der Waals surface area (Å²) >= 11 is 0. The summed E-state index contributed by atoms with van der Waals surface area (Å²) in [5, 5.41) is 6.92. The number of aromatic nitrogens is 2. The van der Waals surface area contributed by atoms with Gasteiger partial charge < -0.3 is 9.64 Å². The summed E-state index contributed by atoms with van der Waals surface area (Å²) in [6.07, 6.45) is 6.51. The Balaban J connectivity index is 2.10. The van der Waals surface area contributed by atoms with E-state index >= 15 is 0 Å². The number of carbonyl (C=O) groups excluding carboxylic acids is 2. The van der Waals surface area contributed by atoms with Gasteiger partial charge in [0.15, 0.2) is 0 Å². The summed E-state index contributed by atoms with van der Waals surface area (Å²) in [6, 6.07) is -0.0651. The number of carbonyl (C=O) groups is 2. The quantitative estimate of drug-likeness (QED) is 0.818. The van der Waals surface area contributed by atoms with Gasteiger partial charge in [-0.3, -0.25) is 14.7 Å². The lowest BCUT2D eigenvalue weighted by atomic mass is 9.98. The van der Waals surface area contributed by atoms with E-state index in [1.54, 1.807) is 13.1 Å². The molecular formula is C16H25N3O3. The molecule has 0 bridgehead atoms. The van der Waals surface area contributed by atoms with Gasteiger partial charge in [-0.15, -0.1) is 0 Å². The summed E-state index contributed by atoms with van der Waals surface area (Å²) in [5.74, 6) is -0.251. The zero-order valence-electron chi connectivity index (χ0n) is 13.4. The van der Waals surface area contributed by atoms with Crippen LogP contribution in [0.4, 0.5) is 0 Å². The van der Waals surface area contributed by atoms with E-state index in [9.17, 15) is 9.59 Å². The number of hydrogen-bond donors (Lipinski definition) is 1. The van der Waals surface area contributed by atoms with E-state index < -0.39 is 0 Å². The molecule has 1 fully saturated rings. The fourth-order valence-electron chi connectivity index (χ4n) is 2.98. The van der Waals surface area contributed by atoms with Crippen LogP contribution in [0.25, 0.3) is 0 Å². The maximum absolute atomic E-state index is 12.8. The summed E-state index contributed by atoms with van der Waals surface area (Å²) < 4.78 is 5.03. The van der Waals surface area contributed by atoms with E-state index in [2.05, 4.69) is 17.1 Å². The molecule has 0 radical (unpaired) electrons. The van der Waals surface area contributed by atoms with Crippen LogP contribution in [0, 0.1) is 0 Å². The number of aryl methyl sites for hydroxylation is 1.